The highest BCUT2D eigenvalue weighted by Gasteiger charge is 2.32. The van der Waals surface area contributed by atoms with Crippen LogP contribution in [0.4, 0.5) is 17.6 Å². The Balaban J connectivity index is 1.59. The first-order valence-electron chi connectivity index (χ1n) is 8.99. The third-order valence-corrected chi connectivity index (χ3v) is 5.28. The number of hydrogen-bond acceptors (Lipinski definition) is 3. The number of piperidine rings is 1. The molecule has 2 heterocycles. The molecule has 0 radical (unpaired) electrons. The van der Waals surface area contributed by atoms with Gasteiger partial charge in [-0.1, -0.05) is 23.7 Å². The zero-order valence-electron chi connectivity index (χ0n) is 15.3. The van der Waals surface area contributed by atoms with Gasteiger partial charge in [0.05, 0.1) is 24.5 Å². The summed E-state index contributed by atoms with van der Waals surface area (Å²) in [6.07, 6.45) is -2.68. The highest BCUT2D eigenvalue weighted by molar-refractivity contribution is 6.29. The highest BCUT2D eigenvalue weighted by Crippen LogP contribution is 2.32. The second-order valence-corrected chi connectivity index (χ2v) is 7.48. The van der Waals surface area contributed by atoms with Crippen molar-refractivity contribution in [3.8, 4) is 0 Å². The summed E-state index contributed by atoms with van der Waals surface area (Å²) in [5.41, 5.74) is 0.399. The summed E-state index contributed by atoms with van der Waals surface area (Å²) < 4.78 is 57.5. The highest BCUT2D eigenvalue weighted by atomic mass is 35.5. The molecule has 2 atom stereocenters. The number of benzene rings is 1. The number of pyridine rings is 1. The van der Waals surface area contributed by atoms with E-state index in [1.54, 1.807) is 12.1 Å². The van der Waals surface area contributed by atoms with E-state index < -0.39 is 11.7 Å². The molecule has 2 unspecified atom stereocenters. The normalized spacial score (nSPS) is 21.1. The number of ether oxygens (including phenoxy) is 1. The number of alkyl halides is 3. The van der Waals surface area contributed by atoms with E-state index in [-0.39, 0.29) is 29.3 Å². The molecule has 0 aliphatic carbocycles. The standard InChI is InChI=1S/C20H21ClF4N2O/c1-27-7-6-14(13-2-4-16(22)5-3-13)8-18(27)12-28-11-17-9-15(20(23,24)25)10-19(21)26-17/h2-5,9-10,14,18H,6-8,11-12H2,1H3. The quantitative estimate of drug-likeness (QED) is 0.489. The van der Waals surface area contributed by atoms with Gasteiger partial charge in [-0.25, -0.2) is 9.37 Å². The molecule has 1 saturated heterocycles. The predicted molar refractivity (Wildman–Crippen MR) is 98.7 cm³/mol. The summed E-state index contributed by atoms with van der Waals surface area (Å²) in [6.45, 7) is 1.18. The fourth-order valence-corrected chi connectivity index (χ4v) is 3.72. The average Bonchev–Trinajstić information content (AvgIpc) is 2.63. The molecule has 3 nitrogen and oxygen atoms in total. The van der Waals surface area contributed by atoms with Crippen molar-refractivity contribution in [1.29, 1.82) is 0 Å². The Hall–Kier alpha value is -1.70. The molecule has 3 rings (SSSR count). The zero-order valence-corrected chi connectivity index (χ0v) is 16.1. The number of likely N-dealkylation sites (N-methyl/N-ethyl adjacent to an activating group) is 1. The third-order valence-electron chi connectivity index (χ3n) is 5.09. The Bertz CT molecular complexity index is 798. The van der Waals surface area contributed by atoms with Crippen LogP contribution in [0, 0.1) is 5.82 Å². The lowest BCUT2D eigenvalue weighted by atomic mass is 9.86. The van der Waals surface area contributed by atoms with E-state index in [2.05, 4.69) is 9.88 Å². The maximum Gasteiger partial charge on any atom is 0.416 e. The van der Waals surface area contributed by atoms with Crippen molar-refractivity contribution in [2.24, 2.45) is 0 Å². The van der Waals surface area contributed by atoms with Crippen molar-refractivity contribution in [3.05, 3.63) is 64.2 Å². The molecule has 28 heavy (non-hydrogen) atoms. The number of nitrogens with zero attached hydrogens (tertiary/aromatic N) is 2. The van der Waals surface area contributed by atoms with Gasteiger partial charge in [-0.2, -0.15) is 13.2 Å². The molecule has 1 aromatic heterocycles. The largest absolute Gasteiger partial charge is 0.416 e. The minimum atomic E-state index is -4.48. The first kappa shape index (κ1) is 21.0. The van der Waals surface area contributed by atoms with Crippen LogP contribution < -0.4 is 0 Å². The SMILES string of the molecule is CN1CCC(c2ccc(F)cc2)CC1COCc1cc(C(F)(F)F)cc(Cl)n1. The van der Waals surface area contributed by atoms with Gasteiger partial charge < -0.3 is 9.64 Å². The number of halogens is 5. The molecule has 1 fully saturated rings. The molecule has 0 N–H and O–H groups in total. The Morgan fingerprint density at radius 1 is 1.21 bits per heavy atom. The minimum Gasteiger partial charge on any atom is -0.374 e. The Morgan fingerprint density at radius 3 is 2.61 bits per heavy atom. The first-order valence-corrected chi connectivity index (χ1v) is 9.37. The van der Waals surface area contributed by atoms with Gasteiger partial charge in [0.25, 0.3) is 0 Å². The molecule has 1 aliphatic heterocycles. The molecule has 1 aliphatic rings. The van der Waals surface area contributed by atoms with Gasteiger partial charge in [0.1, 0.15) is 11.0 Å². The molecule has 152 valence electrons. The monoisotopic (exact) mass is 416 g/mol. The number of likely N-dealkylation sites (tertiary alicyclic amines) is 1. The van der Waals surface area contributed by atoms with Crippen LogP contribution in [0.15, 0.2) is 36.4 Å². The van der Waals surface area contributed by atoms with E-state index in [0.29, 0.717) is 12.5 Å². The summed E-state index contributed by atoms with van der Waals surface area (Å²) >= 11 is 5.70. The maximum absolute atomic E-state index is 13.1. The lowest BCUT2D eigenvalue weighted by Gasteiger charge is -2.37. The summed E-state index contributed by atoms with van der Waals surface area (Å²) in [5.74, 6) is 0.0373. The van der Waals surface area contributed by atoms with E-state index in [1.165, 1.54) is 12.1 Å². The fraction of sp³-hybridized carbons (Fsp3) is 0.450. The van der Waals surface area contributed by atoms with Crippen molar-refractivity contribution in [1.82, 2.24) is 9.88 Å². The number of rotatable bonds is 5. The minimum absolute atomic E-state index is 0.0464. The van der Waals surface area contributed by atoms with Gasteiger partial charge in [-0.15, -0.1) is 0 Å². The van der Waals surface area contributed by atoms with Crippen molar-refractivity contribution in [2.45, 2.75) is 37.6 Å². The van der Waals surface area contributed by atoms with E-state index in [4.69, 9.17) is 16.3 Å². The smallest absolute Gasteiger partial charge is 0.374 e. The number of aromatic nitrogens is 1. The van der Waals surface area contributed by atoms with Gasteiger partial charge in [0.2, 0.25) is 0 Å². The molecule has 0 saturated carbocycles. The molecule has 0 amide bonds. The van der Waals surface area contributed by atoms with Crippen LogP contribution in [0.3, 0.4) is 0 Å². The van der Waals surface area contributed by atoms with Crippen LogP contribution in [0.25, 0.3) is 0 Å². The van der Waals surface area contributed by atoms with Crippen LogP contribution in [0.1, 0.15) is 35.6 Å². The van der Waals surface area contributed by atoms with Crippen LogP contribution in [0.5, 0.6) is 0 Å². The van der Waals surface area contributed by atoms with Crippen molar-refractivity contribution < 1.29 is 22.3 Å². The van der Waals surface area contributed by atoms with Crippen molar-refractivity contribution in [3.63, 3.8) is 0 Å². The average molecular weight is 417 g/mol. The molecule has 0 bridgehead atoms. The molecule has 1 aromatic carbocycles. The predicted octanol–water partition coefficient (Wildman–Crippen LogP) is 5.29. The Labute approximate surface area is 166 Å². The fourth-order valence-electron chi connectivity index (χ4n) is 3.49. The van der Waals surface area contributed by atoms with Gasteiger partial charge in [0, 0.05) is 6.04 Å². The summed E-state index contributed by atoms with van der Waals surface area (Å²) in [6, 6.07) is 8.40. The zero-order chi connectivity index (χ0) is 20.3. The second kappa shape index (κ2) is 8.76. The lowest BCUT2D eigenvalue weighted by molar-refractivity contribution is -0.137. The molecular weight excluding hydrogens is 396 g/mol. The van der Waals surface area contributed by atoms with Gasteiger partial charge in [-0.05, 0) is 62.2 Å². The number of hydrogen-bond donors (Lipinski definition) is 0. The second-order valence-electron chi connectivity index (χ2n) is 7.09. The molecular formula is C20H21ClF4N2O. The van der Waals surface area contributed by atoms with E-state index in [1.807, 2.05) is 7.05 Å². The van der Waals surface area contributed by atoms with Crippen LogP contribution in [-0.4, -0.2) is 36.1 Å². The van der Waals surface area contributed by atoms with E-state index in [9.17, 15) is 17.6 Å². The maximum atomic E-state index is 13.1. The molecule has 0 spiro atoms. The van der Waals surface area contributed by atoms with Crippen molar-refractivity contribution >= 4 is 11.6 Å². The third kappa shape index (κ3) is 5.43. The van der Waals surface area contributed by atoms with Gasteiger partial charge >= 0.3 is 6.18 Å². The van der Waals surface area contributed by atoms with Crippen LogP contribution >= 0.6 is 11.6 Å². The van der Waals surface area contributed by atoms with E-state index in [0.717, 1.165) is 37.1 Å². The topological polar surface area (TPSA) is 25.4 Å². The van der Waals surface area contributed by atoms with Gasteiger partial charge in [0.15, 0.2) is 0 Å². The van der Waals surface area contributed by atoms with Crippen LogP contribution in [-0.2, 0) is 17.5 Å². The lowest BCUT2D eigenvalue weighted by Crippen LogP contribution is -2.42. The molecule has 8 heteroatoms. The summed E-state index contributed by atoms with van der Waals surface area (Å²) in [4.78, 5) is 6.08. The first-order chi connectivity index (χ1) is 13.2. The Kier molecular flexibility index (Phi) is 6.58. The van der Waals surface area contributed by atoms with Crippen LogP contribution in [0.2, 0.25) is 5.15 Å². The molecule has 2 aromatic rings. The Morgan fingerprint density at radius 2 is 1.93 bits per heavy atom. The summed E-state index contributed by atoms with van der Waals surface area (Å²) in [5, 5.41) is -0.209. The van der Waals surface area contributed by atoms with E-state index >= 15 is 0 Å². The van der Waals surface area contributed by atoms with Crippen molar-refractivity contribution in [2.75, 3.05) is 20.2 Å². The summed E-state index contributed by atoms with van der Waals surface area (Å²) in [7, 11) is 1.99. The van der Waals surface area contributed by atoms with Gasteiger partial charge in [-0.3, -0.25) is 0 Å².